The molecule has 0 aliphatic heterocycles. The first kappa shape index (κ1) is 27.4. The summed E-state index contributed by atoms with van der Waals surface area (Å²) in [5.41, 5.74) is 4.83. The summed E-state index contributed by atoms with van der Waals surface area (Å²) in [6, 6.07) is 31.2. The molecule has 0 saturated carbocycles. The third kappa shape index (κ3) is 8.18. The average molecular weight is 536 g/mol. The topological polar surface area (TPSA) is 87.3 Å². The summed E-state index contributed by atoms with van der Waals surface area (Å²) in [5, 5.41) is 8.52. The van der Waals surface area contributed by atoms with Gasteiger partial charge in [-0.05, 0) is 73.5 Å². The molecule has 4 aromatic rings. The van der Waals surface area contributed by atoms with Crippen molar-refractivity contribution >= 4 is 46.9 Å². The number of nitrogens with one attached hydrogen (secondary N) is 3. The zero-order valence-electron chi connectivity index (χ0n) is 21.7. The van der Waals surface area contributed by atoms with Crippen LogP contribution < -0.4 is 16.0 Å². The van der Waals surface area contributed by atoms with E-state index in [0.717, 1.165) is 27.3 Å². The lowest BCUT2D eigenvalue weighted by Crippen LogP contribution is -2.30. The standard InChI is InChI=1S/C32H29N3O3S/c1-22-12-14-24(15-13-22)20-29(35-31(37)25-9-4-3-5-10-25)32(38)33-26-16-18-27(19-17-26)39-21-30(36)34-28-11-7-6-8-23(28)2/h3-20H,21H2,1-2H3,(H,33,38)(H,34,36)(H,35,37)/b29-20-. The lowest BCUT2D eigenvalue weighted by Gasteiger charge is -2.12. The molecule has 0 heterocycles. The number of carbonyl (C=O) groups is 3. The highest BCUT2D eigenvalue weighted by molar-refractivity contribution is 8.00. The number of hydrogen-bond donors (Lipinski definition) is 3. The van der Waals surface area contributed by atoms with Crippen molar-refractivity contribution in [3.8, 4) is 0 Å². The van der Waals surface area contributed by atoms with Gasteiger partial charge >= 0.3 is 0 Å². The van der Waals surface area contributed by atoms with Crippen molar-refractivity contribution in [2.75, 3.05) is 16.4 Å². The quantitative estimate of drug-likeness (QED) is 0.170. The van der Waals surface area contributed by atoms with Crippen LogP contribution in [-0.4, -0.2) is 23.5 Å². The van der Waals surface area contributed by atoms with Gasteiger partial charge in [0.1, 0.15) is 5.70 Å². The number of anilines is 2. The van der Waals surface area contributed by atoms with Crippen LogP contribution in [0.3, 0.4) is 0 Å². The van der Waals surface area contributed by atoms with E-state index in [2.05, 4.69) is 16.0 Å². The van der Waals surface area contributed by atoms with Gasteiger partial charge in [0.25, 0.3) is 11.8 Å². The molecule has 196 valence electrons. The van der Waals surface area contributed by atoms with Crippen molar-refractivity contribution in [1.29, 1.82) is 0 Å². The minimum Gasteiger partial charge on any atom is -0.325 e. The molecule has 0 fully saturated rings. The smallest absolute Gasteiger partial charge is 0.272 e. The van der Waals surface area contributed by atoms with E-state index in [1.54, 1.807) is 42.5 Å². The second kappa shape index (κ2) is 13.3. The highest BCUT2D eigenvalue weighted by atomic mass is 32.2. The summed E-state index contributed by atoms with van der Waals surface area (Å²) in [4.78, 5) is 39.2. The zero-order chi connectivity index (χ0) is 27.6. The Kier molecular flexibility index (Phi) is 9.32. The number of amides is 3. The van der Waals surface area contributed by atoms with Gasteiger partial charge in [0.05, 0.1) is 5.75 Å². The first-order chi connectivity index (χ1) is 18.9. The van der Waals surface area contributed by atoms with Gasteiger partial charge in [-0.3, -0.25) is 14.4 Å². The fourth-order valence-electron chi connectivity index (χ4n) is 3.65. The van der Waals surface area contributed by atoms with Crippen molar-refractivity contribution < 1.29 is 14.4 Å². The SMILES string of the molecule is Cc1ccc(/C=C(\NC(=O)c2ccccc2)C(=O)Nc2ccc(SCC(=O)Nc3ccccc3C)cc2)cc1. The Bertz CT molecular complexity index is 1480. The Morgan fingerprint density at radius 3 is 2.10 bits per heavy atom. The molecule has 7 heteroatoms. The molecule has 0 aliphatic carbocycles. The molecule has 0 aliphatic rings. The molecule has 0 bridgehead atoms. The second-order valence-electron chi connectivity index (χ2n) is 8.92. The number of carbonyl (C=O) groups excluding carboxylic acids is 3. The van der Waals surface area contributed by atoms with Gasteiger partial charge in [-0.2, -0.15) is 0 Å². The predicted octanol–water partition coefficient (Wildman–Crippen LogP) is 6.44. The third-order valence-corrected chi connectivity index (χ3v) is 6.83. The molecule has 39 heavy (non-hydrogen) atoms. The third-order valence-electron chi connectivity index (χ3n) is 5.82. The van der Waals surface area contributed by atoms with Crippen LogP contribution >= 0.6 is 11.8 Å². The summed E-state index contributed by atoms with van der Waals surface area (Å²) >= 11 is 1.40. The minimum atomic E-state index is -0.446. The largest absolute Gasteiger partial charge is 0.325 e. The van der Waals surface area contributed by atoms with Crippen LogP contribution in [0.4, 0.5) is 11.4 Å². The van der Waals surface area contributed by atoms with E-state index >= 15 is 0 Å². The average Bonchev–Trinajstić information content (AvgIpc) is 2.95. The molecule has 6 nitrogen and oxygen atoms in total. The maximum absolute atomic E-state index is 13.2. The van der Waals surface area contributed by atoms with E-state index < -0.39 is 5.91 Å². The van der Waals surface area contributed by atoms with Gasteiger partial charge in [0, 0.05) is 21.8 Å². The number of benzene rings is 4. The molecule has 0 atom stereocenters. The maximum atomic E-state index is 13.2. The summed E-state index contributed by atoms with van der Waals surface area (Å²) in [7, 11) is 0. The summed E-state index contributed by atoms with van der Waals surface area (Å²) in [5.74, 6) is -0.654. The fraction of sp³-hybridized carbons (Fsp3) is 0.0938. The fourth-order valence-corrected chi connectivity index (χ4v) is 4.35. The molecule has 0 saturated heterocycles. The van der Waals surface area contributed by atoms with Crippen LogP contribution in [0.1, 0.15) is 27.0 Å². The summed E-state index contributed by atoms with van der Waals surface area (Å²) < 4.78 is 0. The normalized spacial score (nSPS) is 11.0. The summed E-state index contributed by atoms with van der Waals surface area (Å²) in [6.45, 7) is 3.93. The number of para-hydroxylation sites is 1. The van der Waals surface area contributed by atoms with Gasteiger partial charge in [0.2, 0.25) is 5.91 Å². The van der Waals surface area contributed by atoms with E-state index in [1.807, 2.05) is 80.6 Å². The van der Waals surface area contributed by atoms with Crippen molar-refractivity contribution in [3.63, 3.8) is 0 Å². The van der Waals surface area contributed by atoms with E-state index in [4.69, 9.17) is 0 Å². The Hall–Kier alpha value is -4.62. The van der Waals surface area contributed by atoms with E-state index in [-0.39, 0.29) is 23.3 Å². The number of rotatable bonds is 9. The first-order valence-electron chi connectivity index (χ1n) is 12.4. The summed E-state index contributed by atoms with van der Waals surface area (Å²) in [6.07, 6.45) is 1.65. The lowest BCUT2D eigenvalue weighted by molar-refractivity contribution is -0.114. The van der Waals surface area contributed by atoms with Gasteiger partial charge in [0.15, 0.2) is 0 Å². The Morgan fingerprint density at radius 2 is 1.41 bits per heavy atom. The Labute approximate surface area is 232 Å². The van der Waals surface area contributed by atoms with Gasteiger partial charge < -0.3 is 16.0 Å². The highest BCUT2D eigenvalue weighted by Gasteiger charge is 2.15. The van der Waals surface area contributed by atoms with Crippen molar-refractivity contribution in [3.05, 3.63) is 131 Å². The molecule has 4 rings (SSSR count). The molecule has 0 unspecified atom stereocenters. The van der Waals surface area contributed by atoms with Crippen molar-refractivity contribution in [1.82, 2.24) is 5.32 Å². The van der Waals surface area contributed by atoms with Crippen LogP contribution in [0, 0.1) is 13.8 Å². The van der Waals surface area contributed by atoms with Crippen LogP contribution in [0.2, 0.25) is 0 Å². The minimum absolute atomic E-state index is 0.0910. The molecule has 4 aromatic carbocycles. The van der Waals surface area contributed by atoms with Crippen LogP contribution in [0.15, 0.2) is 114 Å². The molecular formula is C32H29N3O3S. The number of aryl methyl sites for hydroxylation is 2. The highest BCUT2D eigenvalue weighted by Crippen LogP contribution is 2.22. The Balaban J connectivity index is 1.40. The van der Waals surface area contributed by atoms with E-state index in [9.17, 15) is 14.4 Å². The Morgan fingerprint density at radius 1 is 0.744 bits per heavy atom. The molecule has 0 spiro atoms. The van der Waals surface area contributed by atoms with Gasteiger partial charge in [-0.25, -0.2) is 0 Å². The zero-order valence-corrected chi connectivity index (χ0v) is 22.5. The lowest BCUT2D eigenvalue weighted by atomic mass is 10.1. The molecule has 3 N–H and O–H groups in total. The van der Waals surface area contributed by atoms with Crippen LogP contribution in [0.5, 0.6) is 0 Å². The molecule has 0 aromatic heterocycles. The van der Waals surface area contributed by atoms with Crippen molar-refractivity contribution in [2.24, 2.45) is 0 Å². The number of thioether (sulfide) groups is 1. The van der Waals surface area contributed by atoms with Crippen molar-refractivity contribution in [2.45, 2.75) is 18.7 Å². The molecular weight excluding hydrogens is 506 g/mol. The van der Waals surface area contributed by atoms with E-state index in [0.29, 0.717) is 11.3 Å². The molecule has 0 radical (unpaired) electrons. The first-order valence-corrected chi connectivity index (χ1v) is 13.4. The maximum Gasteiger partial charge on any atom is 0.272 e. The van der Waals surface area contributed by atoms with Crippen LogP contribution in [0.25, 0.3) is 6.08 Å². The monoisotopic (exact) mass is 535 g/mol. The van der Waals surface area contributed by atoms with Crippen LogP contribution in [-0.2, 0) is 9.59 Å². The van der Waals surface area contributed by atoms with Gasteiger partial charge in [-0.1, -0.05) is 66.2 Å². The second-order valence-corrected chi connectivity index (χ2v) is 9.97. The molecule has 3 amide bonds. The van der Waals surface area contributed by atoms with E-state index in [1.165, 1.54) is 11.8 Å². The predicted molar refractivity (Wildman–Crippen MR) is 159 cm³/mol. The number of hydrogen-bond acceptors (Lipinski definition) is 4. The van der Waals surface area contributed by atoms with Gasteiger partial charge in [-0.15, -0.1) is 11.8 Å².